The minimum absolute atomic E-state index is 0.0683. The van der Waals surface area contributed by atoms with Gasteiger partial charge < -0.3 is 14.3 Å². The lowest BCUT2D eigenvalue weighted by Gasteiger charge is -2.13. The third-order valence-electron chi connectivity index (χ3n) is 5.45. The lowest BCUT2D eigenvalue weighted by atomic mass is 10.1. The van der Waals surface area contributed by atoms with Crippen molar-refractivity contribution >= 4 is 11.7 Å². The van der Waals surface area contributed by atoms with Gasteiger partial charge in [-0.05, 0) is 38.3 Å². The third kappa shape index (κ3) is 3.20. The van der Waals surface area contributed by atoms with Gasteiger partial charge in [-0.1, -0.05) is 29.8 Å². The standard InChI is InChI=1S/C22H21N5O3/c1-14-7-9-15(10-8-14)20-24-22-26(13-19(28)23-12-16-4-3-11-30-16)18-6-2-5-17(18)21(29)27(22)25-20/h3-4,7-11H,2,5-6,12-13H2,1H3,(H,23,28). The maximum absolute atomic E-state index is 13.0. The highest BCUT2D eigenvalue weighted by molar-refractivity contribution is 5.76. The van der Waals surface area contributed by atoms with E-state index >= 15 is 0 Å². The van der Waals surface area contributed by atoms with Crippen LogP contribution in [0.5, 0.6) is 0 Å². The van der Waals surface area contributed by atoms with Gasteiger partial charge in [-0.25, -0.2) is 0 Å². The molecule has 0 bridgehead atoms. The molecule has 4 aromatic rings. The van der Waals surface area contributed by atoms with Crippen LogP contribution in [0, 0.1) is 6.92 Å². The molecule has 0 radical (unpaired) electrons. The molecule has 3 heterocycles. The molecular formula is C22H21N5O3. The fourth-order valence-corrected chi connectivity index (χ4v) is 3.91. The number of aryl methyl sites for hydroxylation is 1. The van der Waals surface area contributed by atoms with Crippen LogP contribution in [0.15, 0.2) is 51.9 Å². The average Bonchev–Trinajstić information content (AvgIpc) is 3.50. The number of furan rings is 1. The van der Waals surface area contributed by atoms with Crippen molar-refractivity contribution in [3.63, 3.8) is 0 Å². The van der Waals surface area contributed by atoms with Gasteiger partial charge in [0.15, 0.2) is 5.82 Å². The van der Waals surface area contributed by atoms with Gasteiger partial charge in [0, 0.05) is 16.8 Å². The van der Waals surface area contributed by atoms with E-state index in [9.17, 15) is 9.59 Å². The number of amides is 1. The number of carbonyl (C=O) groups excluding carboxylic acids is 1. The molecule has 0 atom stereocenters. The fraction of sp³-hybridized carbons (Fsp3) is 0.273. The van der Waals surface area contributed by atoms with Crippen LogP contribution in [0.1, 0.15) is 29.0 Å². The van der Waals surface area contributed by atoms with Crippen LogP contribution in [0.4, 0.5) is 0 Å². The predicted molar refractivity (Wildman–Crippen MR) is 110 cm³/mol. The molecule has 0 spiro atoms. The predicted octanol–water partition coefficient (Wildman–Crippen LogP) is 2.26. The Morgan fingerprint density at radius 3 is 2.80 bits per heavy atom. The van der Waals surface area contributed by atoms with E-state index in [1.165, 1.54) is 4.52 Å². The minimum Gasteiger partial charge on any atom is -0.467 e. The van der Waals surface area contributed by atoms with Crippen LogP contribution < -0.4 is 10.9 Å². The second-order valence-corrected chi connectivity index (χ2v) is 7.54. The molecule has 1 aliphatic carbocycles. The maximum Gasteiger partial charge on any atom is 0.279 e. The summed E-state index contributed by atoms with van der Waals surface area (Å²) in [5, 5.41) is 7.33. The molecule has 152 valence electrons. The van der Waals surface area contributed by atoms with Crippen LogP contribution in [0.3, 0.4) is 0 Å². The Bertz CT molecular complexity index is 1280. The van der Waals surface area contributed by atoms with E-state index in [2.05, 4.69) is 15.4 Å². The summed E-state index contributed by atoms with van der Waals surface area (Å²) in [6.07, 6.45) is 3.90. The zero-order valence-electron chi connectivity index (χ0n) is 16.6. The van der Waals surface area contributed by atoms with Crippen molar-refractivity contribution in [2.24, 2.45) is 0 Å². The van der Waals surface area contributed by atoms with Crippen LogP contribution in [0.2, 0.25) is 0 Å². The maximum atomic E-state index is 13.0. The molecule has 5 rings (SSSR count). The number of hydrogen-bond acceptors (Lipinski definition) is 5. The van der Waals surface area contributed by atoms with Gasteiger partial charge in [0.25, 0.3) is 5.56 Å². The number of carbonyl (C=O) groups is 1. The molecule has 8 heteroatoms. The number of nitrogens with one attached hydrogen (secondary N) is 1. The summed E-state index contributed by atoms with van der Waals surface area (Å²) in [6, 6.07) is 11.4. The molecule has 0 saturated heterocycles. The molecule has 0 saturated carbocycles. The normalized spacial score (nSPS) is 13.0. The van der Waals surface area contributed by atoms with E-state index in [1.54, 1.807) is 12.3 Å². The SMILES string of the molecule is Cc1ccc(-c2nc3n(CC(=O)NCc4ccco4)c4c(c(=O)n3n2)CCC4)cc1. The third-order valence-corrected chi connectivity index (χ3v) is 5.45. The lowest BCUT2D eigenvalue weighted by Crippen LogP contribution is -2.31. The summed E-state index contributed by atoms with van der Waals surface area (Å²) >= 11 is 0. The second kappa shape index (κ2) is 7.29. The molecule has 0 fully saturated rings. The summed E-state index contributed by atoms with van der Waals surface area (Å²) in [7, 11) is 0. The Balaban J connectivity index is 1.54. The van der Waals surface area contributed by atoms with E-state index < -0.39 is 0 Å². The van der Waals surface area contributed by atoms with Gasteiger partial charge in [-0.15, -0.1) is 5.10 Å². The van der Waals surface area contributed by atoms with Crippen LogP contribution >= 0.6 is 0 Å². The number of hydrogen-bond donors (Lipinski definition) is 1. The first kappa shape index (κ1) is 18.4. The van der Waals surface area contributed by atoms with E-state index in [4.69, 9.17) is 4.42 Å². The smallest absolute Gasteiger partial charge is 0.279 e. The second-order valence-electron chi connectivity index (χ2n) is 7.54. The zero-order valence-corrected chi connectivity index (χ0v) is 16.6. The zero-order chi connectivity index (χ0) is 20.7. The summed E-state index contributed by atoms with van der Waals surface area (Å²) in [6.45, 7) is 2.39. The summed E-state index contributed by atoms with van der Waals surface area (Å²) < 4.78 is 8.42. The van der Waals surface area contributed by atoms with Crippen LogP contribution in [0.25, 0.3) is 17.2 Å². The van der Waals surface area contributed by atoms with Gasteiger partial charge in [0.2, 0.25) is 11.7 Å². The van der Waals surface area contributed by atoms with Crippen LogP contribution in [-0.2, 0) is 30.7 Å². The number of nitrogens with zero attached hydrogens (tertiary/aromatic N) is 4. The number of rotatable bonds is 5. The number of benzene rings is 1. The molecule has 0 unspecified atom stereocenters. The van der Waals surface area contributed by atoms with Gasteiger partial charge in [-0.2, -0.15) is 9.50 Å². The van der Waals surface area contributed by atoms with Crippen molar-refractivity contribution in [3.05, 3.63) is 75.6 Å². The van der Waals surface area contributed by atoms with Crippen LogP contribution in [-0.4, -0.2) is 25.1 Å². The first-order valence-electron chi connectivity index (χ1n) is 9.97. The van der Waals surface area contributed by atoms with Crippen molar-refractivity contribution in [1.29, 1.82) is 0 Å². The Morgan fingerprint density at radius 1 is 1.20 bits per heavy atom. The monoisotopic (exact) mass is 403 g/mol. The Morgan fingerprint density at radius 2 is 2.03 bits per heavy atom. The topological polar surface area (TPSA) is 94.4 Å². The number of fused-ring (bicyclic) bond motifs is 2. The fourth-order valence-electron chi connectivity index (χ4n) is 3.91. The Hall–Kier alpha value is -3.68. The van der Waals surface area contributed by atoms with E-state index in [-0.39, 0.29) is 18.0 Å². The quantitative estimate of drug-likeness (QED) is 0.552. The summed E-state index contributed by atoms with van der Waals surface area (Å²) in [5.74, 6) is 1.37. The van der Waals surface area contributed by atoms with E-state index in [0.717, 1.165) is 35.2 Å². The molecule has 3 aromatic heterocycles. The molecule has 8 nitrogen and oxygen atoms in total. The first-order valence-corrected chi connectivity index (χ1v) is 9.97. The lowest BCUT2D eigenvalue weighted by molar-refractivity contribution is -0.121. The Kier molecular flexibility index (Phi) is 4.46. The average molecular weight is 403 g/mol. The molecule has 1 N–H and O–H groups in total. The molecule has 0 aliphatic heterocycles. The van der Waals surface area contributed by atoms with Gasteiger partial charge >= 0.3 is 0 Å². The van der Waals surface area contributed by atoms with Gasteiger partial charge in [0.1, 0.15) is 12.3 Å². The van der Waals surface area contributed by atoms with Crippen molar-refractivity contribution in [3.8, 4) is 11.4 Å². The van der Waals surface area contributed by atoms with Crippen molar-refractivity contribution in [2.45, 2.75) is 39.3 Å². The number of aromatic nitrogens is 4. The van der Waals surface area contributed by atoms with Gasteiger partial charge in [0.05, 0.1) is 12.8 Å². The highest BCUT2D eigenvalue weighted by Crippen LogP contribution is 2.22. The summed E-state index contributed by atoms with van der Waals surface area (Å²) in [5.41, 5.74) is 3.42. The van der Waals surface area contributed by atoms with Crippen molar-refractivity contribution in [1.82, 2.24) is 24.5 Å². The van der Waals surface area contributed by atoms with E-state index in [1.807, 2.05) is 41.8 Å². The molecular weight excluding hydrogens is 382 g/mol. The van der Waals surface area contributed by atoms with Crippen molar-refractivity contribution < 1.29 is 9.21 Å². The highest BCUT2D eigenvalue weighted by Gasteiger charge is 2.25. The molecule has 1 amide bonds. The largest absolute Gasteiger partial charge is 0.467 e. The molecule has 30 heavy (non-hydrogen) atoms. The van der Waals surface area contributed by atoms with E-state index in [0.29, 0.717) is 30.3 Å². The minimum atomic E-state index is -0.175. The molecule has 1 aromatic carbocycles. The Labute approximate surface area is 172 Å². The first-order chi connectivity index (χ1) is 14.6. The summed E-state index contributed by atoms with van der Waals surface area (Å²) in [4.78, 5) is 30.2. The molecule has 1 aliphatic rings. The van der Waals surface area contributed by atoms with Gasteiger partial charge in [-0.3, -0.25) is 9.59 Å². The van der Waals surface area contributed by atoms with Crippen molar-refractivity contribution in [2.75, 3.05) is 0 Å². The highest BCUT2D eigenvalue weighted by atomic mass is 16.3.